The van der Waals surface area contributed by atoms with Crippen LogP contribution in [0, 0.1) is 0 Å². The quantitative estimate of drug-likeness (QED) is 0.734. The van der Waals surface area contributed by atoms with Crippen molar-refractivity contribution in [2.45, 2.75) is 6.18 Å². The van der Waals surface area contributed by atoms with Crippen LogP contribution in [-0.2, 0) is 11.0 Å². The van der Waals surface area contributed by atoms with Gasteiger partial charge in [0.1, 0.15) is 5.82 Å². The summed E-state index contributed by atoms with van der Waals surface area (Å²) in [5.74, 6) is 0.196. The van der Waals surface area contributed by atoms with E-state index in [-0.39, 0.29) is 10.9 Å². The predicted octanol–water partition coefficient (Wildman–Crippen LogP) is 4.12. The van der Waals surface area contributed by atoms with Gasteiger partial charge in [-0.15, -0.1) is 0 Å². The van der Waals surface area contributed by atoms with Crippen molar-refractivity contribution in [1.29, 1.82) is 0 Å². The van der Waals surface area contributed by atoms with E-state index in [0.717, 1.165) is 17.8 Å². The van der Waals surface area contributed by atoms with Crippen molar-refractivity contribution in [3.8, 4) is 0 Å². The summed E-state index contributed by atoms with van der Waals surface area (Å²) in [7, 11) is 0. The molecule has 0 bridgehead atoms. The van der Waals surface area contributed by atoms with Crippen molar-refractivity contribution in [2.24, 2.45) is 0 Å². The standard InChI is InChI=1S/C19H17ClF3N3O/c20-16-12-15(19(21,22)23)13-24-18(16)26-10-8-25(9-11-26)17(27)7-6-14-4-2-1-3-5-14/h1-7,12-13H,8-11H2. The largest absolute Gasteiger partial charge is 0.417 e. The van der Waals surface area contributed by atoms with Crippen LogP contribution in [0.5, 0.6) is 0 Å². The number of halogens is 4. The number of hydrogen-bond donors (Lipinski definition) is 0. The van der Waals surface area contributed by atoms with Gasteiger partial charge in [0.25, 0.3) is 0 Å². The second-order valence-electron chi connectivity index (χ2n) is 6.08. The Bertz CT molecular complexity index is 832. The van der Waals surface area contributed by atoms with Crippen LogP contribution in [0.4, 0.5) is 19.0 Å². The van der Waals surface area contributed by atoms with Gasteiger partial charge in [0, 0.05) is 38.5 Å². The van der Waals surface area contributed by atoms with Crippen LogP contribution in [0.25, 0.3) is 6.08 Å². The molecule has 1 aliphatic heterocycles. The molecular weight excluding hydrogens is 379 g/mol. The molecule has 1 aromatic heterocycles. The number of rotatable bonds is 3. The zero-order valence-corrected chi connectivity index (χ0v) is 15.0. The van der Waals surface area contributed by atoms with Crippen LogP contribution in [0.15, 0.2) is 48.7 Å². The fourth-order valence-corrected chi connectivity index (χ4v) is 3.08. The molecule has 1 aromatic carbocycles. The summed E-state index contributed by atoms with van der Waals surface area (Å²) in [6, 6.07) is 10.4. The van der Waals surface area contributed by atoms with Gasteiger partial charge in [0.2, 0.25) is 5.91 Å². The Hall–Kier alpha value is -2.54. The number of amides is 1. The van der Waals surface area contributed by atoms with Gasteiger partial charge in [-0.1, -0.05) is 41.9 Å². The van der Waals surface area contributed by atoms with Crippen molar-refractivity contribution in [2.75, 3.05) is 31.1 Å². The number of piperazine rings is 1. The zero-order chi connectivity index (χ0) is 19.4. The predicted molar refractivity (Wildman–Crippen MR) is 98.5 cm³/mol. The monoisotopic (exact) mass is 395 g/mol. The molecular formula is C19H17ClF3N3O. The lowest BCUT2D eigenvalue weighted by atomic mass is 10.2. The molecule has 0 saturated carbocycles. The van der Waals surface area contributed by atoms with Crippen LogP contribution in [-0.4, -0.2) is 42.0 Å². The Labute approximate surface area is 159 Å². The lowest BCUT2D eigenvalue weighted by Crippen LogP contribution is -2.48. The van der Waals surface area contributed by atoms with E-state index in [2.05, 4.69) is 4.98 Å². The second kappa shape index (κ2) is 8.00. The van der Waals surface area contributed by atoms with Crippen LogP contribution < -0.4 is 4.90 Å². The first-order valence-corrected chi connectivity index (χ1v) is 8.72. The lowest BCUT2D eigenvalue weighted by molar-refractivity contribution is -0.137. The molecule has 0 atom stereocenters. The number of pyridine rings is 1. The van der Waals surface area contributed by atoms with Crippen molar-refractivity contribution in [1.82, 2.24) is 9.88 Å². The highest BCUT2D eigenvalue weighted by atomic mass is 35.5. The maximum absolute atomic E-state index is 12.7. The summed E-state index contributed by atoms with van der Waals surface area (Å²) in [5, 5.41) is -0.0476. The number of benzene rings is 1. The van der Waals surface area contributed by atoms with E-state index in [1.807, 2.05) is 30.3 Å². The Morgan fingerprint density at radius 1 is 1.11 bits per heavy atom. The summed E-state index contributed by atoms with van der Waals surface area (Å²) in [6.07, 6.45) is -0.427. The zero-order valence-electron chi connectivity index (χ0n) is 14.3. The third-order valence-electron chi connectivity index (χ3n) is 4.26. The Balaban J connectivity index is 1.60. The van der Waals surface area contributed by atoms with Crippen LogP contribution in [0.1, 0.15) is 11.1 Å². The van der Waals surface area contributed by atoms with Crippen molar-refractivity contribution in [3.05, 3.63) is 64.8 Å². The molecule has 1 saturated heterocycles. The molecule has 8 heteroatoms. The first-order chi connectivity index (χ1) is 12.8. The molecule has 1 amide bonds. The van der Waals surface area contributed by atoms with E-state index in [1.54, 1.807) is 15.9 Å². The summed E-state index contributed by atoms with van der Waals surface area (Å²) in [4.78, 5) is 19.6. The molecule has 0 aliphatic carbocycles. The number of nitrogens with zero attached hydrogens (tertiary/aromatic N) is 3. The average Bonchev–Trinajstić information content (AvgIpc) is 2.66. The summed E-state index contributed by atoms with van der Waals surface area (Å²) in [6.45, 7) is 1.78. The highest BCUT2D eigenvalue weighted by Gasteiger charge is 2.32. The smallest absolute Gasteiger partial charge is 0.352 e. The Kier molecular flexibility index (Phi) is 5.70. The van der Waals surface area contributed by atoms with Crippen molar-refractivity contribution in [3.63, 3.8) is 0 Å². The number of carbonyl (C=O) groups excluding carboxylic acids is 1. The number of hydrogen-bond acceptors (Lipinski definition) is 3. The SMILES string of the molecule is O=C(C=Cc1ccccc1)N1CCN(c2ncc(C(F)(F)F)cc2Cl)CC1. The second-order valence-corrected chi connectivity index (χ2v) is 6.49. The van der Waals surface area contributed by atoms with Gasteiger partial charge in [0.05, 0.1) is 10.6 Å². The van der Waals surface area contributed by atoms with E-state index in [1.165, 1.54) is 6.08 Å². The maximum Gasteiger partial charge on any atom is 0.417 e. The minimum Gasteiger partial charge on any atom is -0.352 e. The van der Waals surface area contributed by atoms with E-state index < -0.39 is 11.7 Å². The molecule has 142 valence electrons. The fourth-order valence-electron chi connectivity index (χ4n) is 2.79. The van der Waals surface area contributed by atoms with Gasteiger partial charge in [-0.25, -0.2) is 4.98 Å². The molecule has 0 spiro atoms. The lowest BCUT2D eigenvalue weighted by Gasteiger charge is -2.35. The van der Waals surface area contributed by atoms with Crippen LogP contribution >= 0.6 is 11.6 Å². The summed E-state index contributed by atoms with van der Waals surface area (Å²) < 4.78 is 38.1. The average molecular weight is 396 g/mol. The molecule has 0 unspecified atom stereocenters. The van der Waals surface area contributed by atoms with Gasteiger partial charge in [-0.2, -0.15) is 13.2 Å². The van der Waals surface area contributed by atoms with E-state index in [4.69, 9.17) is 11.6 Å². The highest BCUT2D eigenvalue weighted by Crippen LogP contribution is 2.33. The minimum atomic E-state index is -4.48. The molecule has 0 N–H and O–H groups in total. The fraction of sp³-hybridized carbons (Fsp3) is 0.263. The number of carbonyl (C=O) groups is 1. The highest BCUT2D eigenvalue weighted by molar-refractivity contribution is 6.33. The third kappa shape index (κ3) is 4.80. The third-order valence-corrected chi connectivity index (χ3v) is 4.54. The first kappa shape index (κ1) is 19.2. The van der Waals surface area contributed by atoms with E-state index >= 15 is 0 Å². The Morgan fingerprint density at radius 2 is 1.78 bits per heavy atom. The van der Waals surface area contributed by atoms with Gasteiger partial charge in [-0.3, -0.25) is 4.79 Å². The van der Waals surface area contributed by atoms with Gasteiger partial charge >= 0.3 is 6.18 Å². The van der Waals surface area contributed by atoms with Gasteiger partial charge < -0.3 is 9.80 Å². The summed E-state index contributed by atoms with van der Waals surface area (Å²) in [5.41, 5.74) is 0.0568. The number of alkyl halides is 3. The van der Waals surface area contributed by atoms with E-state index in [0.29, 0.717) is 32.0 Å². The molecule has 1 fully saturated rings. The summed E-state index contributed by atoms with van der Waals surface area (Å²) >= 11 is 5.99. The molecule has 27 heavy (non-hydrogen) atoms. The van der Waals surface area contributed by atoms with Crippen LogP contribution in [0.3, 0.4) is 0 Å². The molecule has 3 rings (SSSR count). The van der Waals surface area contributed by atoms with Crippen molar-refractivity contribution >= 4 is 29.4 Å². The molecule has 0 radical (unpaired) electrons. The normalized spacial score (nSPS) is 15.4. The molecule has 4 nitrogen and oxygen atoms in total. The number of anilines is 1. The van der Waals surface area contributed by atoms with Crippen LogP contribution in [0.2, 0.25) is 5.02 Å². The molecule has 2 heterocycles. The minimum absolute atomic E-state index is 0.0476. The van der Waals surface area contributed by atoms with Gasteiger partial charge in [0.15, 0.2) is 0 Å². The van der Waals surface area contributed by atoms with Crippen molar-refractivity contribution < 1.29 is 18.0 Å². The maximum atomic E-state index is 12.7. The first-order valence-electron chi connectivity index (χ1n) is 8.34. The Morgan fingerprint density at radius 3 is 2.37 bits per heavy atom. The van der Waals surface area contributed by atoms with E-state index in [9.17, 15) is 18.0 Å². The van der Waals surface area contributed by atoms with Gasteiger partial charge in [-0.05, 0) is 17.7 Å². The topological polar surface area (TPSA) is 36.4 Å². The molecule has 1 aliphatic rings. The molecule has 2 aromatic rings. The number of aromatic nitrogens is 1.